The smallest absolute Gasteiger partial charge is 0.295 e. The van der Waals surface area contributed by atoms with Crippen LogP contribution in [0.2, 0.25) is 0 Å². The molecule has 0 aliphatic rings. The van der Waals surface area contributed by atoms with Gasteiger partial charge < -0.3 is 5.32 Å². The summed E-state index contributed by atoms with van der Waals surface area (Å²) in [6.07, 6.45) is 0.386. The normalized spacial score (nSPS) is 12.3. The van der Waals surface area contributed by atoms with Gasteiger partial charge in [0.15, 0.2) is 0 Å². The molecule has 0 aliphatic heterocycles. The van der Waals surface area contributed by atoms with Crippen molar-refractivity contribution in [2.75, 3.05) is 5.32 Å². The van der Waals surface area contributed by atoms with Crippen molar-refractivity contribution < 1.29 is 30.7 Å². The summed E-state index contributed by atoms with van der Waals surface area (Å²) in [6.45, 7) is 0. The van der Waals surface area contributed by atoms with Crippen molar-refractivity contribution >= 4 is 43.1 Å². The summed E-state index contributed by atoms with van der Waals surface area (Å²) in [5.41, 5.74) is 0.284. The summed E-state index contributed by atoms with van der Waals surface area (Å²) >= 11 is 0. The molecule has 0 heterocycles. The quantitative estimate of drug-likeness (QED) is 0.559. The summed E-state index contributed by atoms with van der Waals surface area (Å²) in [5.74, 6) is 0. The number of fused-ring (bicyclic) bond motifs is 1. The van der Waals surface area contributed by atoms with Crippen LogP contribution in [0.5, 0.6) is 0 Å². The van der Waals surface area contributed by atoms with Gasteiger partial charge in [-0.3, -0.25) is 13.9 Å². The predicted octanol–water partition coefficient (Wildman–Crippen LogP) is 0.901. The number of carbonyl (C=O) groups excluding carboxylic acids is 1. The molecular formula is C11H9NO7S2. The molecule has 0 aromatic heterocycles. The third kappa shape index (κ3) is 3.19. The molecule has 2 aromatic carbocycles. The molecule has 21 heavy (non-hydrogen) atoms. The molecule has 2 aromatic rings. The first-order chi connectivity index (χ1) is 9.63. The molecular weight excluding hydrogens is 322 g/mol. The Bertz CT molecular complexity index is 932. The Morgan fingerprint density at radius 3 is 2.14 bits per heavy atom. The predicted molar refractivity (Wildman–Crippen MR) is 73.3 cm³/mol. The average molecular weight is 331 g/mol. The monoisotopic (exact) mass is 331 g/mol. The van der Waals surface area contributed by atoms with Crippen molar-refractivity contribution in [1.82, 2.24) is 0 Å². The molecule has 0 saturated heterocycles. The topological polar surface area (TPSA) is 138 Å². The Morgan fingerprint density at radius 2 is 1.62 bits per heavy atom. The van der Waals surface area contributed by atoms with Crippen LogP contribution in [0.25, 0.3) is 10.8 Å². The van der Waals surface area contributed by atoms with E-state index in [1.165, 1.54) is 18.2 Å². The Kier molecular flexibility index (Phi) is 3.72. The maximum absolute atomic E-state index is 11.3. The Labute approximate surface area is 119 Å². The van der Waals surface area contributed by atoms with Crippen LogP contribution in [0, 0.1) is 0 Å². The third-order valence-electron chi connectivity index (χ3n) is 2.69. The first-order valence-electron chi connectivity index (χ1n) is 5.36. The highest BCUT2D eigenvalue weighted by Gasteiger charge is 2.20. The number of rotatable bonds is 4. The first-order valence-corrected chi connectivity index (χ1v) is 8.24. The van der Waals surface area contributed by atoms with E-state index in [9.17, 15) is 26.2 Å². The minimum atomic E-state index is -4.70. The minimum Gasteiger partial charge on any atom is -0.329 e. The first kappa shape index (κ1) is 15.4. The van der Waals surface area contributed by atoms with Gasteiger partial charge in [0.25, 0.3) is 20.2 Å². The number of benzene rings is 2. The number of hydrogen-bond acceptors (Lipinski definition) is 5. The van der Waals surface area contributed by atoms with Gasteiger partial charge in [-0.15, -0.1) is 0 Å². The summed E-state index contributed by atoms with van der Waals surface area (Å²) in [5, 5.41) is 2.46. The number of carbonyl (C=O) groups is 1. The fourth-order valence-electron chi connectivity index (χ4n) is 1.83. The largest absolute Gasteiger partial charge is 0.329 e. The minimum absolute atomic E-state index is 0.0429. The van der Waals surface area contributed by atoms with E-state index in [1.54, 1.807) is 0 Å². The molecule has 0 bridgehead atoms. The lowest BCUT2D eigenvalue weighted by Crippen LogP contribution is -2.04. The molecule has 0 unspecified atom stereocenters. The molecule has 0 spiro atoms. The molecule has 2 rings (SSSR count). The van der Waals surface area contributed by atoms with E-state index < -0.39 is 30.0 Å². The molecule has 0 fully saturated rings. The van der Waals surface area contributed by atoms with Crippen LogP contribution in [0.4, 0.5) is 5.69 Å². The Balaban J connectivity index is 2.91. The van der Waals surface area contributed by atoms with E-state index in [0.29, 0.717) is 12.5 Å². The van der Waals surface area contributed by atoms with Crippen molar-refractivity contribution in [2.45, 2.75) is 9.79 Å². The highest BCUT2D eigenvalue weighted by atomic mass is 32.2. The van der Waals surface area contributed by atoms with Gasteiger partial charge in [-0.05, 0) is 29.7 Å². The highest BCUT2D eigenvalue weighted by molar-refractivity contribution is 7.86. The van der Waals surface area contributed by atoms with E-state index in [2.05, 4.69) is 5.32 Å². The lowest BCUT2D eigenvalue weighted by molar-refractivity contribution is -0.105. The summed E-state index contributed by atoms with van der Waals surface area (Å²) in [4.78, 5) is 9.03. The standard InChI is InChI=1S/C11H9NO7S2/c13-6-12-8-1-2-10-7(3-8)4-9(20(14,15)16)5-11(10)21(17,18)19/h1-6H,(H,12,13)(H,14,15,16)(H,17,18,19). The fourth-order valence-corrected chi connectivity index (χ4v) is 3.19. The van der Waals surface area contributed by atoms with Crippen LogP contribution in [0.15, 0.2) is 40.1 Å². The van der Waals surface area contributed by atoms with Crippen LogP contribution in [-0.4, -0.2) is 32.4 Å². The highest BCUT2D eigenvalue weighted by Crippen LogP contribution is 2.29. The van der Waals surface area contributed by atoms with E-state index in [4.69, 9.17) is 4.55 Å². The second-order valence-electron chi connectivity index (χ2n) is 4.07. The Hall–Kier alpha value is -2.01. The van der Waals surface area contributed by atoms with Crippen LogP contribution < -0.4 is 5.32 Å². The Morgan fingerprint density at radius 1 is 0.952 bits per heavy atom. The molecule has 0 saturated carbocycles. The zero-order valence-corrected chi connectivity index (χ0v) is 11.8. The average Bonchev–Trinajstić information content (AvgIpc) is 2.35. The van der Waals surface area contributed by atoms with Crippen LogP contribution in [0.3, 0.4) is 0 Å². The van der Waals surface area contributed by atoms with Gasteiger partial charge >= 0.3 is 0 Å². The van der Waals surface area contributed by atoms with Crippen molar-refractivity contribution in [3.8, 4) is 0 Å². The van der Waals surface area contributed by atoms with Crippen molar-refractivity contribution in [2.24, 2.45) is 0 Å². The summed E-state index contributed by atoms with van der Waals surface area (Å²) in [7, 11) is -9.37. The number of anilines is 1. The maximum atomic E-state index is 11.3. The molecule has 0 radical (unpaired) electrons. The zero-order valence-electron chi connectivity index (χ0n) is 10.2. The van der Waals surface area contributed by atoms with Crippen molar-refractivity contribution in [1.29, 1.82) is 0 Å². The van der Waals surface area contributed by atoms with Gasteiger partial charge in [-0.1, -0.05) is 6.07 Å². The number of nitrogens with one attached hydrogen (secondary N) is 1. The lowest BCUT2D eigenvalue weighted by atomic mass is 10.1. The fraction of sp³-hybridized carbons (Fsp3) is 0. The molecule has 0 atom stereocenters. The summed E-state index contributed by atoms with van der Waals surface area (Å²) in [6, 6.07) is 5.64. The lowest BCUT2D eigenvalue weighted by Gasteiger charge is -2.08. The zero-order chi connectivity index (χ0) is 15.8. The van der Waals surface area contributed by atoms with E-state index in [-0.39, 0.29) is 16.5 Å². The van der Waals surface area contributed by atoms with Gasteiger partial charge in [-0.25, -0.2) is 0 Å². The molecule has 1 amide bonds. The second-order valence-corrected chi connectivity index (χ2v) is 6.88. The number of hydrogen-bond donors (Lipinski definition) is 3. The second kappa shape index (κ2) is 5.07. The van der Waals surface area contributed by atoms with Gasteiger partial charge in [0.2, 0.25) is 6.41 Å². The van der Waals surface area contributed by atoms with Crippen LogP contribution >= 0.6 is 0 Å². The molecule has 0 aliphatic carbocycles. The maximum Gasteiger partial charge on any atom is 0.295 e. The molecule has 8 nitrogen and oxygen atoms in total. The summed E-state index contributed by atoms with van der Waals surface area (Å²) < 4.78 is 63.2. The van der Waals surface area contributed by atoms with Gasteiger partial charge in [0, 0.05) is 11.1 Å². The van der Waals surface area contributed by atoms with Gasteiger partial charge in [0.05, 0.1) is 4.90 Å². The molecule has 10 heteroatoms. The van der Waals surface area contributed by atoms with Crippen molar-refractivity contribution in [3.05, 3.63) is 30.3 Å². The van der Waals surface area contributed by atoms with E-state index in [1.807, 2.05) is 0 Å². The van der Waals surface area contributed by atoms with Gasteiger partial charge in [0.1, 0.15) is 4.90 Å². The number of amides is 1. The molecule has 3 N–H and O–H groups in total. The van der Waals surface area contributed by atoms with Gasteiger partial charge in [-0.2, -0.15) is 16.8 Å². The SMILES string of the molecule is O=CNc1ccc2c(S(=O)(=O)O)cc(S(=O)(=O)O)cc2c1. The van der Waals surface area contributed by atoms with Crippen LogP contribution in [0.1, 0.15) is 0 Å². The van der Waals surface area contributed by atoms with E-state index in [0.717, 1.165) is 6.07 Å². The molecule has 112 valence electrons. The van der Waals surface area contributed by atoms with E-state index >= 15 is 0 Å². The van der Waals surface area contributed by atoms with Crippen molar-refractivity contribution in [3.63, 3.8) is 0 Å². The third-order valence-corrected chi connectivity index (χ3v) is 4.41. The van der Waals surface area contributed by atoms with Crippen LogP contribution in [-0.2, 0) is 25.0 Å².